The van der Waals surface area contributed by atoms with Crippen LogP contribution in [0.15, 0.2) is 22.7 Å². The van der Waals surface area contributed by atoms with Gasteiger partial charge in [-0.15, -0.1) is 0 Å². The third kappa shape index (κ3) is 2.86. The summed E-state index contributed by atoms with van der Waals surface area (Å²) in [5.41, 5.74) is 2.66. The van der Waals surface area contributed by atoms with E-state index < -0.39 is 0 Å². The number of aliphatic hydroxyl groups is 1. The third-order valence-corrected chi connectivity index (χ3v) is 4.08. The Morgan fingerprint density at radius 2 is 2.06 bits per heavy atom. The summed E-state index contributed by atoms with van der Waals surface area (Å²) in [4.78, 5) is 0. The van der Waals surface area contributed by atoms with E-state index in [0.29, 0.717) is 0 Å². The van der Waals surface area contributed by atoms with Crippen molar-refractivity contribution in [2.75, 3.05) is 0 Å². The molecule has 0 amide bonds. The molecule has 0 aliphatic heterocycles. The van der Waals surface area contributed by atoms with Gasteiger partial charge in [-0.1, -0.05) is 40.9 Å². The minimum absolute atomic E-state index is 0.260. The van der Waals surface area contributed by atoms with Crippen LogP contribution in [-0.2, 0) is 6.42 Å². The quantitative estimate of drug-likeness (QED) is 0.888. The Labute approximate surface area is 106 Å². The highest BCUT2D eigenvalue weighted by molar-refractivity contribution is 9.10. The zero-order valence-corrected chi connectivity index (χ0v) is 11.3. The van der Waals surface area contributed by atoms with E-state index in [0.717, 1.165) is 12.3 Å². The van der Waals surface area contributed by atoms with Gasteiger partial charge in [0.15, 0.2) is 0 Å². The molecule has 0 spiro atoms. The predicted molar refractivity (Wildman–Crippen MR) is 70.7 cm³/mol. The Hall–Kier alpha value is -0.340. The first kappa shape index (κ1) is 12.1. The minimum atomic E-state index is -0.260. The molecule has 1 aromatic rings. The minimum Gasteiger partial charge on any atom is -0.393 e. The van der Waals surface area contributed by atoms with E-state index in [9.17, 15) is 5.11 Å². The fourth-order valence-electron chi connectivity index (χ4n) is 2.61. The topological polar surface area (TPSA) is 20.2 Å². The van der Waals surface area contributed by atoms with Crippen LogP contribution in [0.25, 0.3) is 0 Å². The number of hydrogen-bond acceptors (Lipinski definition) is 1. The second kappa shape index (κ2) is 5.33. The van der Waals surface area contributed by atoms with E-state index in [1.807, 2.05) is 6.92 Å². The van der Waals surface area contributed by atoms with E-state index >= 15 is 0 Å². The molecule has 1 N–H and O–H groups in total. The molecule has 0 heterocycles. The van der Waals surface area contributed by atoms with Gasteiger partial charge in [0.25, 0.3) is 0 Å². The highest BCUT2D eigenvalue weighted by atomic mass is 79.9. The highest BCUT2D eigenvalue weighted by Gasteiger charge is 2.19. The molecule has 88 valence electrons. The maximum atomic E-state index is 9.36. The molecule has 16 heavy (non-hydrogen) atoms. The SMILES string of the molecule is CC(O)Cc1ccc(C2CCCC2)c(Br)c1. The predicted octanol–water partition coefficient (Wildman–Crippen LogP) is 4.03. The van der Waals surface area contributed by atoms with Crippen LogP contribution in [0.2, 0.25) is 0 Å². The largest absolute Gasteiger partial charge is 0.393 e. The van der Waals surface area contributed by atoms with Crippen molar-refractivity contribution in [1.29, 1.82) is 0 Å². The lowest BCUT2D eigenvalue weighted by atomic mass is 9.96. The Kier molecular flexibility index (Phi) is 4.04. The third-order valence-electron chi connectivity index (χ3n) is 3.39. The van der Waals surface area contributed by atoms with E-state index in [1.54, 1.807) is 0 Å². The average Bonchev–Trinajstić information content (AvgIpc) is 2.69. The standard InChI is InChI=1S/C14H19BrO/c1-10(16)8-11-6-7-13(14(15)9-11)12-4-2-3-5-12/h6-7,9-10,12,16H,2-5,8H2,1H3. The first-order valence-corrected chi connectivity index (χ1v) is 6.92. The van der Waals surface area contributed by atoms with Gasteiger partial charge >= 0.3 is 0 Å². The van der Waals surface area contributed by atoms with Crippen molar-refractivity contribution in [1.82, 2.24) is 0 Å². The maximum absolute atomic E-state index is 9.36. The van der Waals surface area contributed by atoms with Gasteiger partial charge in [0.2, 0.25) is 0 Å². The molecule has 2 heteroatoms. The average molecular weight is 283 g/mol. The Bertz CT molecular complexity index is 354. The van der Waals surface area contributed by atoms with E-state index in [2.05, 4.69) is 34.1 Å². The molecule has 1 aliphatic carbocycles. The lowest BCUT2D eigenvalue weighted by Crippen LogP contribution is -2.04. The molecule has 0 saturated heterocycles. The van der Waals surface area contributed by atoms with E-state index in [-0.39, 0.29) is 6.10 Å². The summed E-state index contributed by atoms with van der Waals surface area (Å²) in [6.07, 6.45) is 5.87. The molecule has 0 bridgehead atoms. The van der Waals surface area contributed by atoms with Crippen LogP contribution in [-0.4, -0.2) is 11.2 Å². The number of aliphatic hydroxyl groups excluding tert-OH is 1. The summed E-state index contributed by atoms with van der Waals surface area (Å²) >= 11 is 3.67. The first-order chi connectivity index (χ1) is 7.66. The Morgan fingerprint density at radius 3 is 2.62 bits per heavy atom. The summed E-state index contributed by atoms with van der Waals surface area (Å²) < 4.78 is 1.22. The molecular weight excluding hydrogens is 264 g/mol. The normalized spacial score (nSPS) is 18.9. The molecule has 1 fully saturated rings. The van der Waals surface area contributed by atoms with Crippen LogP contribution in [0, 0.1) is 0 Å². The molecule has 1 unspecified atom stereocenters. The Morgan fingerprint density at radius 1 is 1.38 bits per heavy atom. The molecule has 2 rings (SSSR count). The zero-order valence-electron chi connectivity index (χ0n) is 9.75. The molecule has 1 atom stereocenters. The number of hydrogen-bond donors (Lipinski definition) is 1. The van der Waals surface area contributed by atoms with Crippen molar-refractivity contribution in [3.05, 3.63) is 33.8 Å². The van der Waals surface area contributed by atoms with Crippen molar-refractivity contribution in [2.24, 2.45) is 0 Å². The second-order valence-electron chi connectivity index (χ2n) is 4.89. The van der Waals surface area contributed by atoms with Crippen LogP contribution in [0.1, 0.15) is 49.7 Å². The number of benzene rings is 1. The monoisotopic (exact) mass is 282 g/mol. The second-order valence-corrected chi connectivity index (χ2v) is 5.74. The highest BCUT2D eigenvalue weighted by Crippen LogP contribution is 2.37. The van der Waals surface area contributed by atoms with Gasteiger partial charge < -0.3 is 5.11 Å². The van der Waals surface area contributed by atoms with Crippen molar-refractivity contribution >= 4 is 15.9 Å². The van der Waals surface area contributed by atoms with Gasteiger partial charge in [-0.25, -0.2) is 0 Å². The molecule has 1 aromatic carbocycles. The summed E-state index contributed by atoms with van der Waals surface area (Å²) in [6, 6.07) is 6.56. The van der Waals surface area contributed by atoms with Crippen LogP contribution in [0.4, 0.5) is 0 Å². The fourth-order valence-corrected chi connectivity index (χ4v) is 3.36. The summed E-state index contributed by atoms with van der Waals surface area (Å²) in [7, 11) is 0. The maximum Gasteiger partial charge on any atom is 0.0552 e. The molecule has 0 aromatic heterocycles. The van der Waals surface area contributed by atoms with E-state index in [4.69, 9.17) is 0 Å². The Balaban J connectivity index is 2.15. The smallest absolute Gasteiger partial charge is 0.0552 e. The summed E-state index contributed by atoms with van der Waals surface area (Å²) in [5.74, 6) is 0.745. The van der Waals surface area contributed by atoms with Gasteiger partial charge in [-0.05, 0) is 49.3 Å². The molecule has 1 aliphatic rings. The van der Waals surface area contributed by atoms with Gasteiger partial charge in [-0.2, -0.15) is 0 Å². The lowest BCUT2D eigenvalue weighted by Gasteiger charge is -2.13. The van der Waals surface area contributed by atoms with Crippen LogP contribution in [0.3, 0.4) is 0 Å². The molecular formula is C14H19BrO. The zero-order chi connectivity index (χ0) is 11.5. The van der Waals surface area contributed by atoms with Crippen molar-refractivity contribution in [3.63, 3.8) is 0 Å². The van der Waals surface area contributed by atoms with Crippen molar-refractivity contribution in [2.45, 2.75) is 51.0 Å². The summed E-state index contributed by atoms with van der Waals surface area (Å²) in [5, 5.41) is 9.36. The molecule has 1 nitrogen and oxygen atoms in total. The van der Waals surface area contributed by atoms with Crippen LogP contribution in [0.5, 0.6) is 0 Å². The molecule has 1 saturated carbocycles. The fraction of sp³-hybridized carbons (Fsp3) is 0.571. The first-order valence-electron chi connectivity index (χ1n) is 6.13. The van der Waals surface area contributed by atoms with Crippen molar-refractivity contribution < 1.29 is 5.11 Å². The van der Waals surface area contributed by atoms with Gasteiger partial charge in [0.1, 0.15) is 0 Å². The molecule has 0 radical (unpaired) electrons. The number of halogens is 1. The lowest BCUT2D eigenvalue weighted by molar-refractivity contribution is 0.195. The van der Waals surface area contributed by atoms with E-state index in [1.165, 1.54) is 41.3 Å². The summed E-state index contributed by atoms with van der Waals surface area (Å²) in [6.45, 7) is 1.83. The van der Waals surface area contributed by atoms with Crippen LogP contribution < -0.4 is 0 Å². The van der Waals surface area contributed by atoms with Gasteiger partial charge in [-0.3, -0.25) is 0 Å². The number of rotatable bonds is 3. The van der Waals surface area contributed by atoms with Gasteiger partial charge in [0, 0.05) is 4.47 Å². The van der Waals surface area contributed by atoms with Gasteiger partial charge in [0.05, 0.1) is 6.10 Å². The van der Waals surface area contributed by atoms with Crippen LogP contribution >= 0.6 is 15.9 Å². The van der Waals surface area contributed by atoms with Crippen molar-refractivity contribution in [3.8, 4) is 0 Å².